The van der Waals surface area contributed by atoms with E-state index in [0.717, 1.165) is 7.11 Å². The van der Waals surface area contributed by atoms with Gasteiger partial charge in [0.15, 0.2) is 0 Å². The quantitative estimate of drug-likeness (QED) is 0.373. The number of aromatic nitrogens is 2. The number of aliphatic hydroxyl groups is 1. The molecule has 3 N–H and O–H groups in total. The third-order valence-corrected chi connectivity index (χ3v) is 7.54. The molecular formula is C23H30F5N5O5S. The fourth-order valence-electron chi connectivity index (χ4n) is 4.49. The molecule has 10 nitrogen and oxygen atoms in total. The van der Waals surface area contributed by atoms with Crippen LogP contribution in [-0.2, 0) is 11.3 Å². The summed E-state index contributed by atoms with van der Waals surface area (Å²) in [6, 6.07) is 0.660. The van der Waals surface area contributed by atoms with Gasteiger partial charge in [0, 0.05) is 37.0 Å². The van der Waals surface area contributed by atoms with E-state index in [1.807, 2.05) is 4.90 Å². The second kappa shape index (κ2) is 10.5. The van der Waals surface area contributed by atoms with Crippen LogP contribution in [0.2, 0.25) is 0 Å². The van der Waals surface area contributed by atoms with E-state index in [4.69, 9.17) is 14.2 Å². The molecule has 0 atom stereocenters. The van der Waals surface area contributed by atoms with Crippen molar-refractivity contribution in [3.63, 3.8) is 0 Å². The highest BCUT2D eigenvalue weighted by atomic mass is 32.5. The topological polar surface area (TPSA) is 118 Å². The molecule has 1 aromatic heterocycles. The lowest BCUT2D eigenvalue weighted by molar-refractivity contribution is 0.121. The first-order valence-electron chi connectivity index (χ1n) is 12.2. The van der Waals surface area contributed by atoms with E-state index < -0.39 is 39.0 Å². The third kappa shape index (κ3) is 7.51. The average Bonchev–Trinajstić information content (AvgIpc) is 2.88. The molecule has 1 saturated heterocycles. The van der Waals surface area contributed by atoms with Crippen LogP contribution in [0.5, 0.6) is 11.6 Å². The zero-order chi connectivity index (χ0) is 28.3. The number of carbonyl (C=O) groups is 1. The van der Waals surface area contributed by atoms with E-state index in [1.54, 1.807) is 12.3 Å². The number of anilines is 2. The summed E-state index contributed by atoms with van der Waals surface area (Å²) in [6.45, 7) is 1.54. The SMILES string of the molecule is COc1c(CO)cc(S(F)(F)(F)(F)F)cc1NC(=O)N[C@H]1CC[C@H](Oc2ccnc(N3CCOCC3)n2)CC1. The smallest absolute Gasteiger partial charge is 0.319 e. The maximum Gasteiger partial charge on any atom is 0.319 e. The van der Waals surface area contributed by atoms with Gasteiger partial charge in [-0.3, -0.25) is 0 Å². The van der Waals surface area contributed by atoms with Crippen LogP contribution in [-0.4, -0.2) is 66.7 Å². The molecular weight excluding hydrogens is 553 g/mol. The first-order valence-corrected chi connectivity index (χ1v) is 14.2. The Bertz CT molecular complexity index is 1190. The molecule has 2 heterocycles. The van der Waals surface area contributed by atoms with Crippen LogP contribution >= 0.6 is 10.2 Å². The summed E-state index contributed by atoms with van der Waals surface area (Å²) in [5, 5.41) is 14.2. The lowest BCUT2D eigenvalue weighted by Gasteiger charge is -2.41. The van der Waals surface area contributed by atoms with Crippen molar-refractivity contribution >= 4 is 27.9 Å². The van der Waals surface area contributed by atoms with Crippen LogP contribution in [0.3, 0.4) is 0 Å². The van der Waals surface area contributed by atoms with Gasteiger partial charge in [-0.1, -0.05) is 19.4 Å². The molecule has 218 valence electrons. The molecule has 39 heavy (non-hydrogen) atoms. The minimum Gasteiger partial charge on any atom is -0.494 e. The Balaban J connectivity index is 1.35. The molecule has 2 aromatic rings. The molecule has 2 amide bonds. The van der Waals surface area contributed by atoms with Gasteiger partial charge < -0.3 is 34.9 Å². The number of aliphatic hydroxyl groups excluding tert-OH is 1. The standard InChI is InChI=1S/C23H30F5N5O5S/c1-36-21-15(14-34)12-18(39(24,25,26,27)28)13-19(21)31-23(35)30-16-2-4-17(5-3-16)38-20-6-7-29-22(32-20)33-8-10-37-11-9-33/h6-7,12-13,16-17,34H,2-5,8-11,14H2,1H3,(H2,30,31,35)/t16-,17-. The fourth-order valence-corrected chi connectivity index (χ4v) is 5.19. The highest BCUT2D eigenvalue weighted by Gasteiger charge is 2.65. The summed E-state index contributed by atoms with van der Waals surface area (Å²) in [4.78, 5) is 21.1. The zero-order valence-corrected chi connectivity index (χ0v) is 21.9. The van der Waals surface area contributed by atoms with Gasteiger partial charge in [0.25, 0.3) is 0 Å². The molecule has 0 unspecified atom stereocenters. The Hall–Kier alpha value is -3.11. The van der Waals surface area contributed by atoms with Crippen LogP contribution in [0.1, 0.15) is 31.2 Å². The molecule has 1 aliphatic carbocycles. The summed E-state index contributed by atoms with van der Waals surface area (Å²) in [5.41, 5.74) is -1.18. The average molecular weight is 584 g/mol. The Morgan fingerprint density at radius 1 is 1.15 bits per heavy atom. The summed E-state index contributed by atoms with van der Waals surface area (Å²) >= 11 is 0. The second-order valence-corrected chi connectivity index (χ2v) is 11.7. The predicted octanol–water partition coefficient (Wildman–Crippen LogP) is 4.98. The highest BCUT2D eigenvalue weighted by molar-refractivity contribution is 8.45. The summed E-state index contributed by atoms with van der Waals surface area (Å²) in [7, 11) is -9.00. The van der Waals surface area contributed by atoms with E-state index in [-0.39, 0.29) is 30.0 Å². The predicted molar refractivity (Wildman–Crippen MR) is 134 cm³/mol. The minimum atomic E-state index is -10.1. The lowest BCUT2D eigenvalue weighted by atomic mass is 9.93. The van der Waals surface area contributed by atoms with Crippen molar-refractivity contribution in [2.45, 2.75) is 49.3 Å². The Labute approximate surface area is 221 Å². The number of carbonyl (C=O) groups excluding carboxylic acids is 1. The van der Waals surface area contributed by atoms with Crippen molar-refractivity contribution in [2.24, 2.45) is 0 Å². The number of methoxy groups -OCH3 is 1. The van der Waals surface area contributed by atoms with Crippen LogP contribution in [0.25, 0.3) is 0 Å². The Morgan fingerprint density at radius 2 is 1.85 bits per heavy atom. The van der Waals surface area contributed by atoms with Crippen LogP contribution < -0.4 is 25.0 Å². The van der Waals surface area contributed by atoms with Gasteiger partial charge >= 0.3 is 16.3 Å². The van der Waals surface area contributed by atoms with Crippen molar-refractivity contribution in [3.8, 4) is 11.6 Å². The molecule has 0 bridgehead atoms. The third-order valence-electron chi connectivity index (χ3n) is 6.42. The summed E-state index contributed by atoms with van der Waals surface area (Å²) in [5.74, 6) is 0.629. The van der Waals surface area contributed by atoms with Crippen molar-refractivity contribution in [2.75, 3.05) is 43.6 Å². The molecule has 1 aliphatic heterocycles. The fraction of sp³-hybridized carbons (Fsp3) is 0.522. The normalized spacial score (nSPS) is 21.9. The van der Waals surface area contributed by atoms with Crippen molar-refractivity contribution in [1.82, 2.24) is 15.3 Å². The van der Waals surface area contributed by atoms with Crippen LogP contribution in [0, 0.1) is 0 Å². The summed E-state index contributed by atoms with van der Waals surface area (Å²) < 4.78 is 83.4. The number of amides is 2. The number of ether oxygens (including phenoxy) is 3. The molecule has 16 heteroatoms. The lowest BCUT2D eigenvalue weighted by Crippen LogP contribution is -2.42. The van der Waals surface area contributed by atoms with Crippen molar-refractivity contribution in [1.29, 1.82) is 0 Å². The van der Waals surface area contributed by atoms with Crippen LogP contribution in [0.15, 0.2) is 29.3 Å². The zero-order valence-electron chi connectivity index (χ0n) is 21.0. The monoisotopic (exact) mass is 583 g/mol. The number of halogens is 5. The highest BCUT2D eigenvalue weighted by Crippen LogP contribution is 3.02. The summed E-state index contributed by atoms with van der Waals surface area (Å²) in [6.07, 6.45) is 3.60. The van der Waals surface area contributed by atoms with Gasteiger partial charge in [0.05, 0.1) is 32.6 Å². The number of rotatable bonds is 8. The molecule has 1 aromatic carbocycles. The van der Waals surface area contributed by atoms with E-state index in [0.29, 0.717) is 63.8 Å². The van der Waals surface area contributed by atoms with Gasteiger partial charge in [-0.2, -0.15) is 4.98 Å². The number of nitrogens with zero attached hydrogens (tertiary/aromatic N) is 3. The Morgan fingerprint density at radius 3 is 2.46 bits per heavy atom. The molecule has 1 saturated carbocycles. The first-order chi connectivity index (χ1) is 18.2. The largest absolute Gasteiger partial charge is 0.494 e. The molecule has 2 aliphatic rings. The van der Waals surface area contributed by atoms with Gasteiger partial charge in [-0.15, -0.1) is 0 Å². The number of hydrogen-bond donors (Lipinski definition) is 3. The molecule has 0 spiro atoms. The van der Waals surface area contributed by atoms with Crippen molar-refractivity contribution < 1.29 is 43.5 Å². The van der Waals surface area contributed by atoms with Crippen LogP contribution in [0.4, 0.5) is 35.9 Å². The molecule has 4 rings (SSSR count). The molecule has 2 fully saturated rings. The van der Waals surface area contributed by atoms with E-state index in [1.165, 1.54) is 0 Å². The number of nitrogens with one attached hydrogen (secondary N) is 2. The minimum absolute atomic E-state index is 0.108. The van der Waals surface area contributed by atoms with Gasteiger partial charge in [0.1, 0.15) is 16.7 Å². The van der Waals surface area contributed by atoms with E-state index >= 15 is 0 Å². The van der Waals surface area contributed by atoms with Crippen molar-refractivity contribution in [3.05, 3.63) is 30.0 Å². The Kier molecular flexibility index (Phi) is 7.75. The first kappa shape index (κ1) is 28.9. The van der Waals surface area contributed by atoms with Gasteiger partial charge in [-0.05, 0) is 37.8 Å². The second-order valence-electron chi connectivity index (χ2n) is 9.27. The molecule has 0 radical (unpaired) electrons. The number of urea groups is 1. The maximum absolute atomic E-state index is 13.4. The van der Waals surface area contributed by atoms with Gasteiger partial charge in [-0.25, -0.2) is 9.78 Å². The number of benzene rings is 1. The van der Waals surface area contributed by atoms with E-state index in [9.17, 15) is 29.3 Å². The number of hydrogen-bond acceptors (Lipinski definition) is 8. The van der Waals surface area contributed by atoms with Gasteiger partial charge in [0.2, 0.25) is 11.8 Å². The number of morpholine rings is 1. The van der Waals surface area contributed by atoms with E-state index in [2.05, 4.69) is 20.6 Å². The maximum atomic E-state index is 13.4.